The fourth-order valence-electron chi connectivity index (χ4n) is 1.67. The second-order valence-electron chi connectivity index (χ2n) is 5.26. The molecule has 0 fully saturated rings. The molecule has 23 heavy (non-hydrogen) atoms. The maximum absolute atomic E-state index is 10.9. The van der Waals surface area contributed by atoms with Crippen molar-refractivity contribution >= 4 is 17.8 Å². The van der Waals surface area contributed by atoms with Crippen LogP contribution in [0.1, 0.15) is 65.2 Å². The van der Waals surface area contributed by atoms with Crippen molar-refractivity contribution in [2.75, 3.05) is 19.6 Å². The zero-order valence-electron chi connectivity index (χ0n) is 14.4. The standard InChI is InChI=1S/C9H17NO3.C7H15NO2/c1-2-3-4-5-6-8(11)10-7-9(12)13;1-2-3-4-5-8-6-7(9)10/h2-7H2,1H3,(H,10,11)(H,12,13);8H,2-6H2,1H3,(H,9,10). The average Bonchev–Trinajstić information content (AvgIpc) is 2.50. The van der Waals surface area contributed by atoms with E-state index in [2.05, 4.69) is 24.5 Å². The molecule has 0 rings (SSSR count). The van der Waals surface area contributed by atoms with E-state index in [9.17, 15) is 14.4 Å². The number of carbonyl (C=O) groups is 3. The van der Waals surface area contributed by atoms with E-state index in [0.717, 1.165) is 38.6 Å². The summed E-state index contributed by atoms with van der Waals surface area (Å²) in [7, 11) is 0. The molecule has 136 valence electrons. The summed E-state index contributed by atoms with van der Waals surface area (Å²) < 4.78 is 0. The number of hydrogen-bond donors (Lipinski definition) is 4. The molecule has 0 saturated carbocycles. The first-order valence-electron chi connectivity index (χ1n) is 8.35. The highest BCUT2D eigenvalue weighted by Gasteiger charge is 2.02. The van der Waals surface area contributed by atoms with Gasteiger partial charge in [0.05, 0.1) is 6.54 Å². The van der Waals surface area contributed by atoms with Crippen molar-refractivity contribution in [1.82, 2.24) is 10.6 Å². The first-order valence-corrected chi connectivity index (χ1v) is 8.35. The van der Waals surface area contributed by atoms with Crippen molar-refractivity contribution in [1.29, 1.82) is 0 Å². The van der Waals surface area contributed by atoms with Gasteiger partial charge in [-0.3, -0.25) is 14.4 Å². The van der Waals surface area contributed by atoms with Crippen LogP contribution in [0.5, 0.6) is 0 Å². The Hall–Kier alpha value is -1.63. The third kappa shape index (κ3) is 25.7. The molecule has 7 heteroatoms. The van der Waals surface area contributed by atoms with Gasteiger partial charge in [-0.1, -0.05) is 46.0 Å². The van der Waals surface area contributed by atoms with Gasteiger partial charge in [-0.2, -0.15) is 0 Å². The molecule has 0 aromatic heterocycles. The van der Waals surface area contributed by atoms with Gasteiger partial charge in [-0.05, 0) is 19.4 Å². The van der Waals surface area contributed by atoms with Crippen molar-refractivity contribution in [2.24, 2.45) is 0 Å². The fraction of sp³-hybridized carbons (Fsp3) is 0.812. The zero-order chi connectivity index (χ0) is 17.9. The molecule has 0 atom stereocenters. The van der Waals surface area contributed by atoms with Gasteiger partial charge in [0.2, 0.25) is 5.91 Å². The predicted molar refractivity (Wildman–Crippen MR) is 89.4 cm³/mol. The summed E-state index contributed by atoms with van der Waals surface area (Å²) in [4.78, 5) is 31.0. The normalized spacial score (nSPS) is 9.65. The molecule has 0 bridgehead atoms. The molecule has 0 unspecified atom stereocenters. The molecule has 0 heterocycles. The van der Waals surface area contributed by atoms with Gasteiger partial charge in [-0.15, -0.1) is 0 Å². The van der Waals surface area contributed by atoms with Crippen LogP contribution in [0.4, 0.5) is 0 Å². The van der Waals surface area contributed by atoms with Crippen molar-refractivity contribution in [3.8, 4) is 0 Å². The minimum Gasteiger partial charge on any atom is -0.480 e. The molecule has 0 spiro atoms. The molecule has 7 nitrogen and oxygen atoms in total. The molecule has 0 aliphatic rings. The highest BCUT2D eigenvalue weighted by Crippen LogP contribution is 2.01. The van der Waals surface area contributed by atoms with Crippen LogP contribution in [-0.2, 0) is 14.4 Å². The van der Waals surface area contributed by atoms with E-state index in [1.54, 1.807) is 0 Å². The Morgan fingerprint density at radius 2 is 1.35 bits per heavy atom. The quantitative estimate of drug-likeness (QED) is 0.383. The van der Waals surface area contributed by atoms with Crippen LogP contribution in [0.3, 0.4) is 0 Å². The minimum absolute atomic E-state index is 0.0870. The van der Waals surface area contributed by atoms with Gasteiger partial charge < -0.3 is 20.8 Å². The van der Waals surface area contributed by atoms with E-state index < -0.39 is 11.9 Å². The molecular formula is C16H32N2O5. The van der Waals surface area contributed by atoms with E-state index in [0.29, 0.717) is 6.42 Å². The highest BCUT2D eigenvalue weighted by molar-refractivity contribution is 5.80. The SMILES string of the molecule is CCCCCCC(=O)NCC(=O)O.CCCCCNCC(=O)O. The lowest BCUT2D eigenvalue weighted by atomic mass is 10.1. The van der Waals surface area contributed by atoms with Crippen molar-refractivity contribution in [2.45, 2.75) is 65.2 Å². The van der Waals surface area contributed by atoms with E-state index in [1.807, 2.05) is 0 Å². The van der Waals surface area contributed by atoms with E-state index in [1.165, 1.54) is 12.8 Å². The molecule has 0 aromatic rings. The zero-order valence-corrected chi connectivity index (χ0v) is 14.4. The number of unbranched alkanes of at least 4 members (excludes halogenated alkanes) is 5. The Bertz CT molecular complexity index is 322. The Morgan fingerprint density at radius 3 is 1.87 bits per heavy atom. The topological polar surface area (TPSA) is 116 Å². The summed E-state index contributed by atoms with van der Waals surface area (Å²) in [6.45, 7) is 4.86. The molecule has 1 amide bonds. The Morgan fingerprint density at radius 1 is 0.783 bits per heavy atom. The summed E-state index contributed by atoms with van der Waals surface area (Å²) in [6.07, 6.45) is 8.01. The number of aliphatic carboxylic acids is 2. The maximum Gasteiger partial charge on any atom is 0.322 e. The smallest absolute Gasteiger partial charge is 0.322 e. The third-order valence-corrected chi connectivity index (χ3v) is 2.93. The number of amides is 1. The Balaban J connectivity index is 0. The van der Waals surface area contributed by atoms with Gasteiger partial charge in [0.25, 0.3) is 0 Å². The lowest BCUT2D eigenvalue weighted by molar-refractivity contribution is -0.138. The van der Waals surface area contributed by atoms with E-state index in [-0.39, 0.29) is 19.0 Å². The summed E-state index contributed by atoms with van der Waals surface area (Å²) >= 11 is 0. The summed E-state index contributed by atoms with van der Waals surface area (Å²) in [5.74, 6) is -1.95. The largest absolute Gasteiger partial charge is 0.480 e. The lowest BCUT2D eigenvalue weighted by Crippen LogP contribution is -2.28. The first kappa shape index (κ1) is 23.6. The number of hydrogen-bond acceptors (Lipinski definition) is 4. The maximum atomic E-state index is 10.9. The summed E-state index contributed by atoms with van der Waals surface area (Å²) in [5.41, 5.74) is 0. The van der Waals surface area contributed by atoms with Crippen molar-refractivity contribution in [3.63, 3.8) is 0 Å². The van der Waals surface area contributed by atoms with E-state index >= 15 is 0 Å². The van der Waals surface area contributed by atoms with Crippen LogP contribution in [-0.4, -0.2) is 47.7 Å². The van der Waals surface area contributed by atoms with Crippen LogP contribution in [0.25, 0.3) is 0 Å². The minimum atomic E-state index is -0.998. The number of carboxylic acids is 2. The van der Waals surface area contributed by atoms with Gasteiger partial charge >= 0.3 is 11.9 Å². The number of nitrogens with one attached hydrogen (secondary N) is 2. The Labute approximate surface area is 138 Å². The third-order valence-electron chi connectivity index (χ3n) is 2.93. The van der Waals surface area contributed by atoms with Gasteiger partial charge in [0, 0.05) is 6.42 Å². The molecule has 0 aliphatic heterocycles. The number of rotatable bonds is 13. The van der Waals surface area contributed by atoms with E-state index in [4.69, 9.17) is 10.2 Å². The molecular weight excluding hydrogens is 300 g/mol. The lowest BCUT2D eigenvalue weighted by Gasteiger charge is -2.01. The van der Waals surface area contributed by atoms with Crippen molar-refractivity contribution in [3.05, 3.63) is 0 Å². The number of carboxylic acid groups (broad SMARTS) is 2. The fourth-order valence-corrected chi connectivity index (χ4v) is 1.67. The van der Waals surface area contributed by atoms with Crippen molar-refractivity contribution < 1.29 is 24.6 Å². The second kappa shape index (κ2) is 18.4. The van der Waals surface area contributed by atoms with Gasteiger partial charge in [0.15, 0.2) is 0 Å². The second-order valence-corrected chi connectivity index (χ2v) is 5.26. The van der Waals surface area contributed by atoms with Crippen LogP contribution >= 0.6 is 0 Å². The molecule has 0 radical (unpaired) electrons. The predicted octanol–water partition coefficient (Wildman–Crippen LogP) is 2.01. The highest BCUT2D eigenvalue weighted by atomic mass is 16.4. The molecule has 4 N–H and O–H groups in total. The monoisotopic (exact) mass is 332 g/mol. The first-order chi connectivity index (χ1) is 10.9. The Kier molecular flexibility index (Phi) is 18.9. The molecule has 0 aromatic carbocycles. The van der Waals surface area contributed by atoms with Crippen LogP contribution in [0.2, 0.25) is 0 Å². The average molecular weight is 332 g/mol. The molecule has 0 saturated heterocycles. The van der Waals surface area contributed by atoms with Gasteiger partial charge in [-0.25, -0.2) is 0 Å². The molecule has 0 aliphatic carbocycles. The summed E-state index contributed by atoms with van der Waals surface area (Å²) in [5, 5.41) is 21.6. The van der Waals surface area contributed by atoms with Crippen LogP contribution in [0, 0.1) is 0 Å². The summed E-state index contributed by atoms with van der Waals surface area (Å²) in [6, 6.07) is 0. The van der Waals surface area contributed by atoms with Gasteiger partial charge in [0.1, 0.15) is 6.54 Å². The van der Waals surface area contributed by atoms with Crippen LogP contribution < -0.4 is 10.6 Å². The van der Waals surface area contributed by atoms with Crippen LogP contribution in [0.15, 0.2) is 0 Å². The number of carbonyl (C=O) groups excluding carboxylic acids is 1.